The van der Waals surface area contributed by atoms with Crippen LogP contribution in [0.25, 0.3) is 56.0 Å². The van der Waals surface area contributed by atoms with Gasteiger partial charge in [-0.15, -0.1) is 0 Å². The van der Waals surface area contributed by atoms with Gasteiger partial charge in [-0.05, 0) is 48.4 Å². The quantitative estimate of drug-likeness (QED) is 0.337. The number of nitrogens with one attached hydrogen (secondary N) is 2. The molecule has 0 aliphatic carbocycles. The molecule has 7 rings (SSSR count). The van der Waals surface area contributed by atoms with Crippen LogP contribution in [0.3, 0.4) is 0 Å². The molecule has 4 N–H and O–H groups in total. The largest absolute Gasteiger partial charge is 0.352 e. The number of aryl methyl sites for hydroxylation is 1. The standard InChI is InChI=1S/C27H22FN9/c1-14-6-16(8-17(28)7-14)19-4-5-31-26-24(19)33-27(34-26)25-20-9-15(2-3-21(20)35-36-25)22-10-30-11-23(32-22)37-12-18(29)13-37/h2-11,18H,12-13,29H2,1H3,(H,35,36)(H,31,33,34). The highest BCUT2D eigenvalue weighted by Gasteiger charge is 2.25. The van der Waals surface area contributed by atoms with Crippen molar-refractivity contribution in [1.82, 2.24) is 35.1 Å². The lowest BCUT2D eigenvalue weighted by molar-refractivity contribution is 0.514. The topological polar surface area (TPSA) is 125 Å². The van der Waals surface area contributed by atoms with Gasteiger partial charge in [-0.25, -0.2) is 19.3 Å². The van der Waals surface area contributed by atoms with Crippen LogP contribution < -0.4 is 10.6 Å². The van der Waals surface area contributed by atoms with Gasteiger partial charge in [0.1, 0.15) is 17.3 Å². The van der Waals surface area contributed by atoms with E-state index < -0.39 is 0 Å². The first kappa shape index (κ1) is 21.6. The van der Waals surface area contributed by atoms with Crippen molar-refractivity contribution >= 4 is 27.9 Å². The van der Waals surface area contributed by atoms with Gasteiger partial charge in [0.15, 0.2) is 11.5 Å². The van der Waals surface area contributed by atoms with Crippen molar-refractivity contribution in [3.8, 4) is 33.9 Å². The van der Waals surface area contributed by atoms with E-state index in [0.29, 0.717) is 17.2 Å². The van der Waals surface area contributed by atoms with Crippen LogP contribution >= 0.6 is 0 Å². The smallest absolute Gasteiger partial charge is 0.178 e. The zero-order valence-electron chi connectivity index (χ0n) is 19.9. The Balaban J connectivity index is 1.31. The summed E-state index contributed by atoms with van der Waals surface area (Å²) in [5.74, 6) is 1.10. The molecule has 1 aliphatic heterocycles. The zero-order valence-corrected chi connectivity index (χ0v) is 19.9. The Morgan fingerprint density at radius 3 is 2.76 bits per heavy atom. The monoisotopic (exact) mass is 491 g/mol. The van der Waals surface area contributed by atoms with E-state index in [2.05, 4.69) is 30.0 Å². The maximum Gasteiger partial charge on any atom is 0.178 e. The SMILES string of the molecule is Cc1cc(F)cc(-c2ccnc3nc(-c4n[nH]c5ccc(-c6cncc(N7CC(N)C7)n6)cc45)[nH]c23)c1. The minimum atomic E-state index is -0.283. The Morgan fingerprint density at radius 1 is 1.03 bits per heavy atom. The van der Waals surface area contributed by atoms with Crippen LogP contribution in [0.1, 0.15) is 5.56 Å². The van der Waals surface area contributed by atoms with Crippen molar-refractivity contribution in [2.24, 2.45) is 5.73 Å². The molecule has 0 atom stereocenters. The fraction of sp³-hybridized carbons (Fsp3) is 0.148. The molecule has 6 aromatic rings. The molecule has 9 nitrogen and oxygen atoms in total. The molecule has 1 saturated heterocycles. The summed E-state index contributed by atoms with van der Waals surface area (Å²) in [7, 11) is 0. The number of anilines is 1. The second-order valence-electron chi connectivity index (χ2n) is 9.42. The fourth-order valence-electron chi connectivity index (χ4n) is 4.86. The van der Waals surface area contributed by atoms with Crippen LogP contribution in [0, 0.1) is 12.7 Å². The first-order chi connectivity index (χ1) is 18.0. The number of H-pyrrole nitrogens is 2. The maximum atomic E-state index is 14.1. The minimum Gasteiger partial charge on any atom is -0.352 e. The molecule has 0 spiro atoms. The highest BCUT2D eigenvalue weighted by Crippen LogP contribution is 2.33. The van der Waals surface area contributed by atoms with Crippen LogP contribution in [0.4, 0.5) is 10.2 Å². The second kappa shape index (κ2) is 8.17. The molecule has 10 heteroatoms. The van der Waals surface area contributed by atoms with E-state index >= 15 is 0 Å². The third kappa shape index (κ3) is 3.69. The number of halogens is 1. The molecular weight excluding hydrogens is 469 g/mol. The predicted octanol–water partition coefficient (Wildman–Crippen LogP) is 4.22. The number of hydrogen-bond acceptors (Lipinski definition) is 7. The van der Waals surface area contributed by atoms with Crippen molar-refractivity contribution in [3.63, 3.8) is 0 Å². The lowest BCUT2D eigenvalue weighted by atomic mass is 10.0. The van der Waals surface area contributed by atoms with Crippen LogP contribution in [0.15, 0.2) is 61.1 Å². The van der Waals surface area contributed by atoms with Crippen LogP contribution in [0.2, 0.25) is 0 Å². The third-order valence-electron chi connectivity index (χ3n) is 6.68. The van der Waals surface area contributed by atoms with Gasteiger partial charge >= 0.3 is 0 Å². The summed E-state index contributed by atoms with van der Waals surface area (Å²) in [6, 6.07) is 13.0. The van der Waals surface area contributed by atoms with Crippen LogP contribution in [-0.4, -0.2) is 54.2 Å². The van der Waals surface area contributed by atoms with Gasteiger partial charge in [0.25, 0.3) is 0 Å². The van der Waals surface area contributed by atoms with Gasteiger partial charge in [0, 0.05) is 41.8 Å². The molecule has 5 heterocycles. The van der Waals surface area contributed by atoms with Gasteiger partial charge in [-0.1, -0.05) is 12.1 Å². The minimum absolute atomic E-state index is 0.180. The van der Waals surface area contributed by atoms with Crippen LogP contribution in [-0.2, 0) is 0 Å². The molecule has 1 fully saturated rings. The Labute approximate surface area is 210 Å². The molecule has 0 saturated carbocycles. The number of nitrogens with zero attached hydrogens (tertiary/aromatic N) is 6. The van der Waals surface area contributed by atoms with E-state index in [1.165, 1.54) is 12.1 Å². The molecule has 37 heavy (non-hydrogen) atoms. The molecule has 2 aromatic carbocycles. The van der Waals surface area contributed by atoms with Gasteiger partial charge < -0.3 is 15.6 Å². The summed E-state index contributed by atoms with van der Waals surface area (Å²) in [6.45, 7) is 3.43. The molecule has 1 aliphatic rings. The summed E-state index contributed by atoms with van der Waals surface area (Å²) in [5.41, 5.74) is 12.8. The lowest BCUT2D eigenvalue weighted by Gasteiger charge is -2.37. The molecule has 182 valence electrons. The zero-order chi connectivity index (χ0) is 25.1. The Bertz CT molecular complexity index is 1780. The summed E-state index contributed by atoms with van der Waals surface area (Å²) < 4.78 is 14.1. The van der Waals surface area contributed by atoms with Crippen LogP contribution in [0.5, 0.6) is 0 Å². The first-order valence-electron chi connectivity index (χ1n) is 12.0. The average molecular weight is 492 g/mol. The van der Waals surface area contributed by atoms with E-state index in [1.807, 2.05) is 37.3 Å². The highest BCUT2D eigenvalue weighted by molar-refractivity contribution is 5.97. The fourth-order valence-corrected chi connectivity index (χ4v) is 4.86. The molecule has 0 bridgehead atoms. The molecule has 0 amide bonds. The van der Waals surface area contributed by atoms with Crippen molar-refractivity contribution in [3.05, 3.63) is 72.4 Å². The van der Waals surface area contributed by atoms with E-state index in [9.17, 15) is 4.39 Å². The van der Waals surface area contributed by atoms with E-state index in [-0.39, 0.29) is 11.9 Å². The number of aromatic amines is 2. The molecule has 0 radical (unpaired) electrons. The summed E-state index contributed by atoms with van der Waals surface area (Å²) in [6.07, 6.45) is 5.19. The summed E-state index contributed by atoms with van der Waals surface area (Å²) >= 11 is 0. The number of pyridine rings is 1. The predicted molar refractivity (Wildman–Crippen MR) is 140 cm³/mol. The van der Waals surface area contributed by atoms with Gasteiger partial charge in [0.2, 0.25) is 0 Å². The number of rotatable bonds is 4. The number of imidazole rings is 1. The highest BCUT2D eigenvalue weighted by atomic mass is 19.1. The summed E-state index contributed by atoms with van der Waals surface area (Å²) in [4.78, 5) is 23.8. The normalized spacial score (nSPS) is 14.0. The molecular formula is C27H22FN9. The van der Waals surface area contributed by atoms with Gasteiger partial charge in [0.05, 0.1) is 29.1 Å². The lowest BCUT2D eigenvalue weighted by Crippen LogP contribution is -2.56. The van der Waals surface area contributed by atoms with Crippen molar-refractivity contribution < 1.29 is 4.39 Å². The second-order valence-corrected chi connectivity index (χ2v) is 9.42. The van der Waals surface area contributed by atoms with E-state index in [4.69, 9.17) is 15.7 Å². The van der Waals surface area contributed by atoms with Crippen molar-refractivity contribution in [1.29, 1.82) is 0 Å². The van der Waals surface area contributed by atoms with Crippen molar-refractivity contribution in [2.75, 3.05) is 18.0 Å². The Kier molecular flexibility index (Phi) is 4.76. The summed E-state index contributed by atoms with van der Waals surface area (Å²) in [5, 5.41) is 8.51. The van der Waals surface area contributed by atoms with Gasteiger partial charge in [-0.3, -0.25) is 10.1 Å². The number of hydrogen-bond donors (Lipinski definition) is 3. The number of benzene rings is 2. The number of aromatic nitrogens is 7. The van der Waals surface area contributed by atoms with Crippen molar-refractivity contribution in [2.45, 2.75) is 13.0 Å². The maximum absolute atomic E-state index is 14.1. The molecule has 0 unspecified atom stereocenters. The Hall–Kier alpha value is -4.70. The number of nitrogens with two attached hydrogens (primary N) is 1. The average Bonchev–Trinajstić information content (AvgIpc) is 3.49. The van der Waals surface area contributed by atoms with E-state index in [0.717, 1.165) is 63.3 Å². The first-order valence-corrected chi connectivity index (χ1v) is 12.0. The van der Waals surface area contributed by atoms with Gasteiger partial charge in [-0.2, -0.15) is 5.10 Å². The van der Waals surface area contributed by atoms with E-state index in [1.54, 1.807) is 18.6 Å². The number of fused-ring (bicyclic) bond motifs is 2. The molecule has 4 aromatic heterocycles. The third-order valence-corrected chi connectivity index (χ3v) is 6.68. The Morgan fingerprint density at radius 2 is 1.92 bits per heavy atom.